The molecular formula is C8H11N3O2. The van der Waals surface area contributed by atoms with Crippen LogP contribution in [0.4, 0.5) is 5.69 Å². The number of carbonyl (C=O) groups is 1. The average Bonchev–Trinajstić information content (AvgIpc) is 2.16. The lowest BCUT2D eigenvalue weighted by molar-refractivity contribution is 0.0995. The normalized spacial score (nSPS) is 9.38. The van der Waals surface area contributed by atoms with Crippen LogP contribution in [0.3, 0.4) is 0 Å². The first-order valence-corrected chi connectivity index (χ1v) is 3.70. The summed E-state index contributed by atoms with van der Waals surface area (Å²) >= 11 is 0. The van der Waals surface area contributed by atoms with Gasteiger partial charge in [-0.1, -0.05) is 0 Å². The number of nitrogens with two attached hydrogens (primary N) is 1. The van der Waals surface area contributed by atoms with E-state index in [2.05, 4.69) is 10.3 Å². The molecule has 1 aromatic heterocycles. The zero-order chi connectivity index (χ0) is 9.84. The highest BCUT2D eigenvalue weighted by Gasteiger charge is 2.07. The van der Waals surface area contributed by atoms with Crippen molar-refractivity contribution in [3.63, 3.8) is 0 Å². The van der Waals surface area contributed by atoms with Crippen LogP contribution in [0.25, 0.3) is 0 Å². The molecule has 5 heteroatoms. The molecule has 0 radical (unpaired) electrons. The van der Waals surface area contributed by atoms with Gasteiger partial charge in [-0.2, -0.15) is 0 Å². The van der Waals surface area contributed by atoms with Crippen LogP contribution in [0, 0.1) is 0 Å². The Hall–Kier alpha value is -1.78. The molecule has 0 aliphatic heterocycles. The Kier molecular flexibility index (Phi) is 2.69. The van der Waals surface area contributed by atoms with E-state index in [0.29, 0.717) is 11.4 Å². The van der Waals surface area contributed by atoms with Crippen LogP contribution >= 0.6 is 0 Å². The molecule has 13 heavy (non-hydrogen) atoms. The Morgan fingerprint density at radius 1 is 1.69 bits per heavy atom. The number of amides is 1. The van der Waals surface area contributed by atoms with E-state index in [1.807, 2.05) is 0 Å². The van der Waals surface area contributed by atoms with Crippen molar-refractivity contribution in [3.8, 4) is 5.75 Å². The van der Waals surface area contributed by atoms with Crippen LogP contribution in [0.1, 0.15) is 10.5 Å². The first kappa shape index (κ1) is 9.31. The average molecular weight is 181 g/mol. The summed E-state index contributed by atoms with van der Waals surface area (Å²) in [4.78, 5) is 14.6. The second-order valence-corrected chi connectivity index (χ2v) is 2.38. The topological polar surface area (TPSA) is 77.2 Å². The third-order valence-corrected chi connectivity index (χ3v) is 1.61. The van der Waals surface area contributed by atoms with E-state index in [4.69, 9.17) is 10.5 Å². The minimum absolute atomic E-state index is 0.191. The number of methoxy groups -OCH3 is 1. The van der Waals surface area contributed by atoms with Crippen LogP contribution < -0.4 is 15.8 Å². The molecule has 0 spiro atoms. The Balaban J connectivity index is 3.13. The van der Waals surface area contributed by atoms with Gasteiger partial charge in [-0.05, 0) is 0 Å². The van der Waals surface area contributed by atoms with Gasteiger partial charge in [-0.25, -0.2) is 4.98 Å². The molecule has 1 amide bonds. The number of aromatic nitrogens is 1. The van der Waals surface area contributed by atoms with E-state index >= 15 is 0 Å². The number of pyridine rings is 1. The second kappa shape index (κ2) is 3.75. The van der Waals surface area contributed by atoms with E-state index in [1.165, 1.54) is 19.4 Å². The number of hydrogen-bond acceptors (Lipinski definition) is 4. The minimum atomic E-state index is -0.569. The molecule has 70 valence electrons. The third kappa shape index (κ3) is 1.87. The van der Waals surface area contributed by atoms with Gasteiger partial charge in [0.15, 0.2) is 0 Å². The SMILES string of the molecule is CNc1cnc(C(N)=O)cc1OC. The summed E-state index contributed by atoms with van der Waals surface area (Å²) in [6.45, 7) is 0. The van der Waals surface area contributed by atoms with Crippen molar-refractivity contribution in [1.29, 1.82) is 0 Å². The first-order chi connectivity index (χ1) is 6.19. The zero-order valence-corrected chi connectivity index (χ0v) is 7.50. The molecule has 0 aliphatic rings. The number of hydrogen-bond donors (Lipinski definition) is 2. The van der Waals surface area contributed by atoms with Gasteiger partial charge in [0.25, 0.3) is 5.91 Å². The van der Waals surface area contributed by atoms with Crippen molar-refractivity contribution in [2.45, 2.75) is 0 Å². The van der Waals surface area contributed by atoms with Crippen LogP contribution in [0.2, 0.25) is 0 Å². The lowest BCUT2D eigenvalue weighted by Crippen LogP contribution is -2.13. The van der Waals surface area contributed by atoms with Gasteiger partial charge in [-0.3, -0.25) is 4.79 Å². The fourth-order valence-corrected chi connectivity index (χ4v) is 0.928. The van der Waals surface area contributed by atoms with Crippen LogP contribution in [-0.4, -0.2) is 25.0 Å². The summed E-state index contributed by atoms with van der Waals surface area (Å²) in [5.74, 6) is -0.0211. The van der Waals surface area contributed by atoms with Crippen molar-refractivity contribution in [2.75, 3.05) is 19.5 Å². The summed E-state index contributed by atoms with van der Waals surface area (Å²) in [6, 6.07) is 1.49. The highest BCUT2D eigenvalue weighted by Crippen LogP contribution is 2.22. The summed E-state index contributed by atoms with van der Waals surface area (Å²) < 4.78 is 5.02. The fraction of sp³-hybridized carbons (Fsp3) is 0.250. The van der Waals surface area contributed by atoms with Gasteiger partial charge in [-0.15, -0.1) is 0 Å². The summed E-state index contributed by atoms with van der Waals surface area (Å²) in [7, 11) is 3.25. The van der Waals surface area contributed by atoms with Crippen molar-refractivity contribution < 1.29 is 9.53 Å². The lowest BCUT2D eigenvalue weighted by Gasteiger charge is -2.07. The summed E-state index contributed by atoms with van der Waals surface area (Å²) in [5.41, 5.74) is 5.96. The molecule has 0 atom stereocenters. The smallest absolute Gasteiger partial charge is 0.267 e. The largest absolute Gasteiger partial charge is 0.494 e. The fourth-order valence-electron chi connectivity index (χ4n) is 0.928. The Bertz CT molecular complexity index is 325. The molecule has 0 saturated heterocycles. The van der Waals surface area contributed by atoms with Crippen molar-refractivity contribution in [3.05, 3.63) is 18.0 Å². The molecule has 0 aromatic carbocycles. The van der Waals surface area contributed by atoms with Crippen molar-refractivity contribution >= 4 is 11.6 Å². The molecule has 0 fully saturated rings. The van der Waals surface area contributed by atoms with Crippen LogP contribution in [0.5, 0.6) is 5.75 Å². The second-order valence-electron chi connectivity index (χ2n) is 2.38. The molecule has 1 rings (SSSR count). The molecule has 0 saturated carbocycles. The maximum absolute atomic E-state index is 10.8. The van der Waals surface area contributed by atoms with Crippen molar-refractivity contribution in [2.24, 2.45) is 5.73 Å². The number of nitrogens with zero attached hydrogens (tertiary/aromatic N) is 1. The van der Waals surface area contributed by atoms with E-state index in [9.17, 15) is 4.79 Å². The van der Waals surface area contributed by atoms with Gasteiger partial charge in [0.05, 0.1) is 19.0 Å². The standard InChI is InChI=1S/C8H11N3O2/c1-10-6-4-11-5(8(9)12)3-7(6)13-2/h3-4,10H,1-2H3,(H2,9,12). The monoisotopic (exact) mass is 181 g/mol. The van der Waals surface area contributed by atoms with Gasteiger partial charge < -0.3 is 15.8 Å². The highest BCUT2D eigenvalue weighted by atomic mass is 16.5. The molecule has 0 aliphatic carbocycles. The van der Waals surface area contributed by atoms with Gasteiger partial charge >= 0.3 is 0 Å². The Morgan fingerprint density at radius 3 is 2.85 bits per heavy atom. The molecule has 1 heterocycles. The number of ether oxygens (including phenoxy) is 1. The van der Waals surface area contributed by atoms with E-state index in [-0.39, 0.29) is 5.69 Å². The van der Waals surface area contributed by atoms with Gasteiger partial charge in [0, 0.05) is 13.1 Å². The quantitative estimate of drug-likeness (QED) is 0.699. The van der Waals surface area contributed by atoms with Crippen molar-refractivity contribution in [1.82, 2.24) is 4.98 Å². The maximum atomic E-state index is 10.8. The molecule has 1 aromatic rings. The van der Waals surface area contributed by atoms with E-state index < -0.39 is 5.91 Å². The minimum Gasteiger partial charge on any atom is -0.494 e. The first-order valence-electron chi connectivity index (χ1n) is 3.70. The molecule has 5 nitrogen and oxygen atoms in total. The molecular weight excluding hydrogens is 170 g/mol. The summed E-state index contributed by atoms with van der Waals surface area (Å²) in [6.07, 6.45) is 1.50. The Morgan fingerprint density at radius 2 is 2.38 bits per heavy atom. The van der Waals surface area contributed by atoms with Gasteiger partial charge in [0.1, 0.15) is 11.4 Å². The number of carbonyl (C=O) groups excluding carboxylic acids is 1. The highest BCUT2D eigenvalue weighted by molar-refractivity contribution is 5.91. The van der Waals surface area contributed by atoms with E-state index in [0.717, 1.165) is 0 Å². The number of rotatable bonds is 3. The van der Waals surface area contributed by atoms with Crippen LogP contribution in [-0.2, 0) is 0 Å². The van der Waals surface area contributed by atoms with E-state index in [1.54, 1.807) is 7.05 Å². The lowest BCUT2D eigenvalue weighted by atomic mass is 10.3. The number of nitrogens with one attached hydrogen (secondary N) is 1. The predicted octanol–water partition coefficient (Wildman–Crippen LogP) is 0.231. The molecule has 0 unspecified atom stereocenters. The summed E-state index contributed by atoms with van der Waals surface area (Å²) in [5, 5.41) is 2.87. The zero-order valence-electron chi connectivity index (χ0n) is 7.50. The van der Waals surface area contributed by atoms with Crippen LogP contribution in [0.15, 0.2) is 12.3 Å². The number of anilines is 1. The van der Waals surface area contributed by atoms with Gasteiger partial charge in [0.2, 0.25) is 0 Å². The third-order valence-electron chi connectivity index (χ3n) is 1.61. The maximum Gasteiger partial charge on any atom is 0.267 e. The predicted molar refractivity (Wildman–Crippen MR) is 48.9 cm³/mol. The number of primary amides is 1. The Labute approximate surface area is 75.9 Å². The molecule has 0 bridgehead atoms. The molecule has 3 N–H and O–H groups in total.